The molecule has 2 N–H and O–H groups in total. The highest BCUT2D eigenvalue weighted by molar-refractivity contribution is 4.79. The van der Waals surface area contributed by atoms with Crippen LogP contribution in [0.25, 0.3) is 0 Å². The Morgan fingerprint density at radius 3 is 2.71 bits per heavy atom. The van der Waals surface area contributed by atoms with Gasteiger partial charge in [-0.3, -0.25) is 0 Å². The van der Waals surface area contributed by atoms with E-state index >= 15 is 0 Å². The standard InChI is InChI=1S/C11H21F3N2O/c1-9-7-16(5-3-10(9)15)4-2-6-17-8-11(12,13)14/h9-10H,2-8,15H2,1H3. The highest BCUT2D eigenvalue weighted by Gasteiger charge is 2.27. The van der Waals surface area contributed by atoms with E-state index in [2.05, 4.69) is 16.6 Å². The first-order valence-corrected chi connectivity index (χ1v) is 6.01. The van der Waals surface area contributed by atoms with Crippen molar-refractivity contribution >= 4 is 0 Å². The maximum Gasteiger partial charge on any atom is 0.411 e. The van der Waals surface area contributed by atoms with Gasteiger partial charge in [0.25, 0.3) is 0 Å². The molecule has 0 radical (unpaired) electrons. The Kier molecular flexibility index (Phi) is 5.69. The molecule has 3 nitrogen and oxygen atoms in total. The van der Waals surface area contributed by atoms with Crippen molar-refractivity contribution in [3.05, 3.63) is 0 Å². The lowest BCUT2D eigenvalue weighted by Gasteiger charge is -2.35. The minimum Gasteiger partial charge on any atom is -0.372 e. The van der Waals surface area contributed by atoms with Crippen LogP contribution in [0.3, 0.4) is 0 Å². The van der Waals surface area contributed by atoms with Crippen molar-refractivity contribution in [1.29, 1.82) is 0 Å². The third-order valence-corrected chi connectivity index (χ3v) is 3.08. The predicted octanol–water partition coefficient (Wildman–Crippen LogP) is 1.62. The summed E-state index contributed by atoms with van der Waals surface area (Å²) >= 11 is 0. The predicted molar refractivity (Wildman–Crippen MR) is 59.7 cm³/mol. The Labute approximate surface area is 100 Å². The topological polar surface area (TPSA) is 38.5 Å². The van der Waals surface area contributed by atoms with E-state index in [-0.39, 0.29) is 12.6 Å². The van der Waals surface area contributed by atoms with Gasteiger partial charge in [0, 0.05) is 25.7 Å². The summed E-state index contributed by atoms with van der Waals surface area (Å²) in [6.45, 7) is 3.78. The summed E-state index contributed by atoms with van der Waals surface area (Å²) in [6, 6.07) is 0.257. The summed E-state index contributed by atoms with van der Waals surface area (Å²) in [5.74, 6) is 0.458. The summed E-state index contributed by atoms with van der Waals surface area (Å²) in [7, 11) is 0. The average Bonchev–Trinajstić information content (AvgIpc) is 2.21. The zero-order valence-corrected chi connectivity index (χ0v) is 10.2. The van der Waals surface area contributed by atoms with E-state index in [1.165, 1.54) is 0 Å². The van der Waals surface area contributed by atoms with Crippen LogP contribution in [0.15, 0.2) is 0 Å². The van der Waals surface area contributed by atoms with Crippen LogP contribution < -0.4 is 5.73 Å². The smallest absolute Gasteiger partial charge is 0.372 e. The van der Waals surface area contributed by atoms with Crippen molar-refractivity contribution < 1.29 is 17.9 Å². The molecular formula is C11H21F3N2O. The number of likely N-dealkylation sites (tertiary alicyclic amines) is 1. The zero-order valence-electron chi connectivity index (χ0n) is 10.2. The van der Waals surface area contributed by atoms with Crippen LogP contribution >= 0.6 is 0 Å². The fraction of sp³-hybridized carbons (Fsp3) is 1.00. The van der Waals surface area contributed by atoms with Gasteiger partial charge in [-0.2, -0.15) is 13.2 Å². The van der Waals surface area contributed by atoms with E-state index in [0.717, 1.165) is 26.1 Å². The van der Waals surface area contributed by atoms with E-state index < -0.39 is 12.8 Å². The molecular weight excluding hydrogens is 233 g/mol. The van der Waals surface area contributed by atoms with Crippen molar-refractivity contribution in [3.8, 4) is 0 Å². The number of piperidine rings is 1. The normalized spacial score (nSPS) is 27.4. The first kappa shape index (κ1) is 14.7. The summed E-state index contributed by atoms with van der Waals surface area (Å²) in [5.41, 5.74) is 5.89. The molecule has 0 amide bonds. The van der Waals surface area contributed by atoms with E-state index in [1.54, 1.807) is 0 Å². The molecule has 0 aromatic carbocycles. The van der Waals surface area contributed by atoms with Gasteiger partial charge in [0.2, 0.25) is 0 Å². The summed E-state index contributed by atoms with van der Waals surface area (Å²) in [6.07, 6.45) is -2.62. The van der Waals surface area contributed by atoms with Gasteiger partial charge < -0.3 is 15.4 Å². The summed E-state index contributed by atoms with van der Waals surface area (Å²) < 4.78 is 39.9. The van der Waals surface area contributed by atoms with Gasteiger partial charge in [-0.15, -0.1) is 0 Å². The lowest BCUT2D eigenvalue weighted by Crippen LogP contribution is -2.46. The SMILES string of the molecule is CC1CN(CCCOCC(F)(F)F)CCC1N. The van der Waals surface area contributed by atoms with E-state index in [1.807, 2.05) is 0 Å². The molecule has 102 valence electrons. The van der Waals surface area contributed by atoms with E-state index in [0.29, 0.717) is 12.3 Å². The molecule has 6 heteroatoms. The van der Waals surface area contributed by atoms with Crippen LogP contribution in [-0.4, -0.2) is 50.0 Å². The Bertz CT molecular complexity index is 223. The molecule has 0 saturated carbocycles. The number of alkyl halides is 3. The number of halogens is 3. The second-order valence-corrected chi connectivity index (χ2v) is 4.75. The van der Waals surface area contributed by atoms with Crippen LogP contribution in [0.1, 0.15) is 19.8 Å². The molecule has 1 aliphatic heterocycles. The number of hydrogen-bond acceptors (Lipinski definition) is 3. The van der Waals surface area contributed by atoms with Crippen LogP contribution in [0, 0.1) is 5.92 Å². The number of nitrogens with zero attached hydrogens (tertiary/aromatic N) is 1. The third kappa shape index (κ3) is 6.24. The molecule has 0 aromatic heterocycles. The number of hydrogen-bond donors (Lipinski definition) is 1. The average molecular weight is 254 g/mol. The van der Waals surface area contributed by atoms with Crippen molar-refractivity contribution in [2.45, 2.75) is 32.0 Å². The van der Waals surface area contributed by atoms with Crippen LogP contribution in [0.2, 0.25) is 0 Å². The first-order chi connectivity index (χ1) is 7.88. The minimum atomic E-state index is -4.22. The maximum absolute atomic E-state index is 11.8. The molecule has 1 aliphatic rings. The van der Waals surface area contributed by atoms with Crippen molar-refractivity contribution in [2.75, 3.05) is 32.8 Å². The number of rotatable bonds is 5. The highest BCUT2D eigenvalue weighted by atomic mass is 19.4. The molecule has 0 bridgehead atoms. The Balaban J connectivity index is 2.04. The second-order valence-electron chi connectivity index (χ2n) is 4.75. The Morgan fingerprint density at radius 1 is 1.41 bits per heavy atom. The van der Waals surface area contributed by atoms with Crippen LogP contribution in [0.4, 0.5) is 13.2 Å². The highest BCUT2D eigenvalue weighted by Crippen LogP contribution is 2.16. The van der Waals surface area contributed by atoms with E-state index in [4.69, 9.17) is 5.73 Å². The molecule has 1 rings (SSSR count). The van der Waals surface area contributed by atoms with Crippen LogP contribution in [0.5, 0.6) is 0 Å². The van der Waals surface area contributed by atoms with Gasteiger partial charge in [-0.25, -0.2) is 0 Å². The van der Waals surface area contributed by atoms with Gasteiger partial charge in [0.15, 0.2) is 0 Å². The lowest BCUT2D eigenvalue weighted by atomic mass is 9.95. The molecule has 1 saturated heterocycles. The van der Waals surface area contributed by atoms with Gasteiger partial charge in [-0.05, 0) is 25.3 Å². The molecule has 1 heterocycles. The fourth-order valence-electron chi connectivity index (χ4n) is 2.03. The zero-order chi connectivity index (χ0) is 12.9. The van der Waals surface area contributed by atoms with Crippen LogP contribution in [-0.2, 0) is 4.74 Å². The van der Waals surface area contributed by atoms with Gasteiger partial charge in [-0.1, -0.05) is 6.92 Å². The monoisotopic (exact) mass is 254 g/mol. The first-order valence-electron chi connectivity index (χ1n) is 6.01. The van der Waals surface area contributed by atoms with E-state index in [9.17, 15) is 13.2 Å². The quantitative estimate of drug-likeness (QED) is 0.758. The molecule has 17 heavy (non-hydrogen) atoms. The molecule has 0 aromatic rings. The summed E-state index contributed by atoms with van der Waals surface area (Å²) in [5, 5.41) is 0. The molecule has 0 spiro atoms. The molecule has 2 unspecified atom stereocenters. The largest absolute Gasteiger partial charge is 0.411 e. The number of ether oxygens (including phenoxy) is 1. The third-order valence-electron chi connectivity index (χ3n) is 3.08. The Morgan fingerprint density at radius 2 is 2.12 bits per heavy atom. The number of nitrogens with two attached hydrogens (primary N) is 1. The van der Waals surface area contributed by atoms with Gasteiger partial charge in [0.05, 0.1) is 0 Å². The summed E-state index contributed by atoms with van der Waals surface area (Å²) in [4.78, 5) is 2.24. The van der Waals surface area contributed by atoms with Gasteiger partial charge in [0.1, 0.15) is 6.61 Å². The molecule has 2 atom stereocenters. The van der Waals surface area contributed by atoms with Crippen molar-refractivity contribution in [2.24, 2.45) is 11.7 Å². The van der Waals surface area contributed by atoms with Crippen molar-refractivity contribution in [1.82, 2.24) is 4.90 Å². The van der Waals surface area contributed by atoms with Crippen molar-refractivity contribution in [3.63, 3.8) is 0 Å². The maximum atomic E-state index is 11.8. The van der Waals surface area contributed by atoms with Gasteiger partial charge >= 0.3 is 6.18 Å². The Hall–Kier alpha value is -0.330. The molecule has 0 aliphatic carbocycles. The molecule has 1 fully saturated rings. The minimum absolute atomic E-state index is 0.163. The fourth-order valence-corrected chi connectivity index (χ4v) is 2.03. The second kappa shape index (κ2) is 6.56. The lowest BCUT2D eigenvalue weighted by molar-refractivity contribution is -0.174.